The van der Waals surface area contributed by atoms with E-state index >= 15 is 0 Å². The fourth-order valence-corrected chi connectivity index (χ4v) is 8.19. The lowest BCUT2D eigenvalue weighted by molar-refractivity contribution is 0.113. The highest BCUT2D eigenvalue weighted by atomic mass is 16.5. The zero-order valence-corrected chi connectivity index (χ0v) is 21.0. The minimum Gasteiger partial charge on any atom is -0.494 e. The zero-order valence-electron chi connectivity index (χ0n) is 21.0. The summed E-state index contributed by atoms with van der Waals surface area (Å²) in [7, 11) is 0. The minimum absolute atomic E-state index is 0.0327. The molecule has 3 aromatic rings. The Balaban J connectivity index is 1.02. The number of likely N-dealkylation sites (tertiary alicyclic amines) is 1. The van der Waals surface area contributed by atoms with Gasteiger partial charge in [0.2, 0.25) is 0 Å². The first-order valence-corrected chi connectivity index (χ1v) is 13.9. The molecule has 3 fully saturated rings. The van der Waals surface area contributed by atoms with Gasteiger partial charge in [-0.3, -0.25) is 4.57 Å². The number of benzene rings is 1. The van der Waals surface area contributed by atoms with E-state index in [2.05, 4.69) is 29.1 Å². The molecule has 2 aromatic heterocycles. The van der Waals surface area contributed by atoms with E-state index in [9.17, 15) is 15.3 Å². The lowest BCUT2D eigenvalue weighted by atomic mass is 9.84. The van der Waals surface area contributed by atoms with Crippen molar-refractivity contribution < 1.29 is 19.8 Å². The lowest BCUT2D eigenvalue weighted by Gasteiger charge is -2.34. The monoisotopic (exact) mass is 491 g/mol. The molecule has 7 heteroatoms. The van der Waals surface area contributed by atoms with Crippen molar-refractivity contribution >= 4 is 11.0 Å². The number of rotatable bonds is 5. The summed E-state index contributed by atoms with van der Waals surface area (Å²) in [6.45, 7) is 5.96. The van der Waals surface area contributed by atoms with E-state index in [0.717, 1.165) is 73.1 Å². The Morgan fingerprint density at radius 2 is 1.64 bits per heavy atom. The maximum absolute atomic E-state index is 11.1. The molecular formula is C29H37N3O4. The molecule has 1 aromatic carbocycles. The third kappa shape index (κ3) is 3.35. The first-order valence-electron chi connectivity index (χ1n) is 13.9. The molecule has 1 aliphatic heterocycles. The fourth-order valence-electron chi connectivity index (χ4n) is 8.19. The van der Waals surface area contributed by atoms with Crippen molar-refractivity contribution in [2.45, 2.75) is 75.9 Å². The van der Waals surface area contributed by atoms with Gasteiger partial charge in [0.1, 0.15) is 0 Å². The largest absolute Gasteiger partial charge is 0.494 e. The topological polar surface area (TPSA) is 94.9 Å². The molecule has 3 heterocycles. The SMILES string of the molecule is CC1C2CC(c3c2c(O)n(C[C@H]2CCC[C@@H]2CN2CCC(c4noc5ccccc45)CC2)c3O)C1O. The van der Waals surface area contributed by atoms with Crippen LogP contribution in [-0.2, 0) is 6.54 Å². The van der Waals surface area contributed by atoms with E-state index in [1.807, 2.05) is 12.1 Å². The predicted molar refractivity (Wildman–Crippen MR) is 136 cm³/mol. The molecule has 0 radical (unpaired) electrons. The van der Waals surface area contributed by atoms with Crippen LogP contribution >= 0.6 is 0 Å². The van der Waals surface area contributed by atoms with Gasteiger partial charge in [-0.1, -0.05) is 30.6 Å². The van der Waals surface area contributed by atoms with Crippen LogP contribution in [0.1, 0.15) is 80.0 Å². The van der Waals surface area contributed by atoms with Gasteiger partial charge >= 0.3 is 0 Å². The van der Waals surface area contributed by atoms with Crippen LogP contribution in [0.2, 0.25) is 0 Å². The molecule has 6 atom stereocenters. The molecule has 36 heavy (non-hydrogen) atoms. The van der Waals surface area contributed by atoms with Crippen molar-refractivity contribution in [2.75, 3.05) is 19.6 Å². The maximum Gasteiger partial charge on any atom is 0.197 e. The third-order valence-corrected chi connectivity index (χ3v) is 10.2. The molecule has 3 N–H and O–H groups in total. The minimum atomic E-state index is -0.416. The van der Waals surface area contributed by atoms with Gasteiger partial charge in [-0.25, -0.2) is 0 Å². The Labute approximate surface area is 211 Å². The molecule has 2 saturated carbocycles. The van der Waals surface area contributed by atoms with Crippen molar-refractivity contribution in [3.8, 4) is 11.8 Å². The second-order valence-corrected chi connectivity index (χ2v) is 12.0. The highest BCUT2D eigenvalue weighted by Crippen LogP contribution is 2.62. The van der Waals surface area contributed by atoms with Crippen molar-refractivity contribution in [3.63, 3.8) is 0 Å². The molecule has 192 valence electrons. The van der Waals surface area contributed by atoms with Gasteiger partial charge in [-0.15, -0.1) is 0 Å². The van der Waals surface area contributed by atoms with Crippen LogP contribution in [0.25, 0.3) is 11.0 Å². The van der Waals surface area contributed by atoms with E-state index in [4.69, 9.17) is 4.52 Å². The number of aliphatic hydroxyl groups excluding tert-OH is 1. The van der Waals surface area contributed by atoms with Crippen LogP contribution in [0.15, 0.2) is 28.8 Å². The predicted octanol–water partition coefficient (Wildman–Crippen LogP) is 4.92. The molecule has 0 spiro atoms. The van der Waals surface area contributed by atoms with Crippen molar-refractivity contribution in [3.05, 3.63) is 41.1 Å². The summed E-state index contributed by atoms with van der Waals surface area (Å²) in [6, 6.07) is 8.16. The summed E-state index contributed by atoms with van der Waals surface area (Å²) in [5.74, 6) is 2.20. The second kappa shape index (κ2) is 8.52. The number of aliphatic hydroxyl groups is 1. The van der Waals surface area contributed by atoms with E-state index in [1.54, 1.807) is 4.57 Å². The number of piperidine rings is 1. The quantitative estimate of drug-likeness (QED) is 0.469. The number of hydrogen-bond acceptors (Lipinski definition) is 6. The van der Waals surface area contributed by atoms with Crippen molar-refractivity contribution in [1.29, 1.82) is 0 Å². The standard InChI is InChI=1S/C29H37N3O4/c1-16-21-13-22(27(16)33)25-24(21)28(34)32(29(25)35)15-19-6-4-5-18(19)14-31-11-9-17(10-12-31)26-20-7-2-3-8-23(20)36-30-26/h2-3,7-8,16-19,21-22,27,33-35H,4-6,9-15H2,1H3/t16?,18-,19-,21?,22?,27?/m1/s1. The van der Waals surface area contributed by atoms with Crippen molar-refractivity contribution in [1.82, 2.24) is 14.6 Å². The Morgan fingerprint density at radius 1 is 0.944 bits per heavy atom. The Morgan fingerprint density at radius 3 is 2.42 bits per heavy atom. The van der Waals surface area contributed by atoms with E-state index < -0.39 is 6.10 Å². The Hall–Kier alpha value is -2.51. The molecule has 3 aliphatic carbocycles. The average Bonchev–Trinajstić information content (AvgIpc) is 3.69. The molecular weight excluding hydrogens is 454 g/mol. The summed E-state index contributed by atoms with van der Waals surface area (Å²) >= 11 is 0. The molecule has 4 unspecified atom stereocenters. The van der Waals surface area contributed by atoms with Crippen LogP contribution in [0.4, 0.5) is 0 Å². The van der Waals surface area contributed by atoms with E-state index in [-0.39, 0.29) is 29.5 Å². The Kier molecular flexibility index (Phi) is 5.37. The van der Waals surface area contributed by atoms with Gasteiger partial charge in [0.15, 0.2) is 17.3 Å². The maximum atomic E-state index is 11.1. The lowest BCUT2D eigenvalue weighted by Crippen LogP contribution is -2.38. The number of para-hydroxylation sites is 1. The summed E-state index contributed by atoms with van der Waals surface area (Å²) in [5, 5.41) is 38.3. The third-order valence-electron chi connectivity index (χ3n) is 10.2. The Bertz CT molecular complexity index is 1240. The number of aromatic nitrogens is 2. The molecule has 0 amide bonds. The van der Waals surface area contributed by atoms with Crippen LogP contribution in [0.5, 0.6) is 11.8 Å². The molecule has 4 aliphatic rings. The van der Waals surface area contributed by atoms with Crippen molar-refractivity contribution in [2.24, 2.45) is 17.8 Å². The molecule has 7 nitrogen and oxygen atoms in total. The average molecular weight is 492 g/mol. The van der Waals surface area contributed by atoms with E-state index in [0.29, 0.717) is 24.3 Å². The van der Waals surface area contributed by atoms with Gasteiger partial charge < -0.3 is 24.7 Å². The number of aromatic hydroxyl groups is 2. The summed E-state index contributed by atoms with van der Waals surface area (Å²) in [5.41, 5.74) is 3.72. The summed E-state index contributed by atoms with van der Waals surface area (Å²) in [6.07, 6.45) is 6.19. The summed E-state index contributed by atoms with van der Waals surface area (Å²) in [4.78, 5) is 2.61. The smallest absolute Gasteiger partial charge is 0.197 e. The van der Waals surface area contributed by atoms with Crippen LogP contribution in [0.3, 0.4) is 0 Å². The summed E-state index contributed by atoms with van der Waals surface area (Å²) < 4.78 is 7.32. The fraction of sp³-hybridized carbons (Fsp3) is 0.621. The first kappa shape index (κ1) is 22.7. The van der Waals surface area contributed by atoms with E-state index in [1.165, 1.54) is 12.8 Å². The highest BCUT2D eigenvalue weighted by Gasteiger charge is 2.53. The van der Waals surface area contributed by atoms with Gasteiger partial charge in [-0.05, 0) is 81.0 Å². The van der Waals surface area contributed by atoms with Crippen LogP contribution < -0.4 is 0 Å². The van der Waals surface area contributed by atoms with Gasteiger partial charge in [0.25, 0.3) is 0 Å². The number of nitrogens with zero attached hydrogens (tertiary/aromatic N) is 3. The van der Waals surface area contributed by atoms with Crippen LogP contribution in [-0.4, -0.2) is 55.7 Å². The van der Waals surface area contributed by atoms with Crippen LogP contribution in [0, 0.1) is 17.8 Å². The highest BCUT2D eigenvalue weighted by molar-refractivity contribution is 5.79. The molecule has 1 saturated heterocycles. The zero-order chi connectivity index (χ0) is 24.6. The van der Waals surface area contributed by atoms with Gasteiger partial charge in [0, 0.05) is 41.4 Å². The molecule has 2 bridgehead atoms. The number of fused-ring (bicyclic) bond motifs is 6. The number of hydrogen-bond donors (Lipinski definition) is 3. The second-order valence-electron chi connectivity index (χ2n) is 12.0. The molecule has 7 rings (SSSR count). The first-order chi connectivity index (χ1) is 17.5. The van der Waals surface area contributed by atoms with Gasteiger partial charge in [-0.2, -0.15) is 0 Å². The normalized spacial score (nSPS) is 32.6. The van der Waals surface area contributed by atoms with Gasteiger partial charge in [0.05, 0.1) is 11.8 Å².